The molecule has 0 aliphatic carbocycles. The van der Waals surface area contributed by atoms with Crippen molar-refractivity contribution >= 4 is 16.8 Å². The SMILES string of the molecule is Cn1ccc2cc(C[C@@H]3COCCN(C(=O)c4ccco4)C3)ccc21. The quantitative estimate of drug-likeness (QED) is 0.737. The molecule has 0 spiro atoms. The molecule has 1 aromatic carbocycles. The Morgan fingerprint density at radius 2 is 2.20 bits per heavy atom. The first-order valence-corrected chi connectivity index (χ1v) is 8.65. The van der Waals surface area contributed by atoms with E-state index in [4.69, 9.17) is 9.15 Å². The van der Waals surface area contributed by atoms with Gasteiger partial charge in [0, 0.05) is 37.8 Å². The molecule has 0 unspecified atom stereocenters. The summed E-state index contributed by atoms with van der Waals surface area (Å²) in [5.74, 6) is 0.618. The van der Waals surface area contributed by atoms with Crippen LogP contribution in [0.15, 0.2) is 53.3 Å². The molecule has 130 valence electrons. The largest absolute Gasteiger partial charge is 0.459 e. The minimum Gasteiger partial charge on any atom is -0.459 e. The summed E-state index contributed by atoms with van der Waals surface area (Å²) in [6.07, 6.45) is 4.51. The molecule has 3 heterocycles. The van der Waals surface area contributed by atoms with E-state index in [-0.39, 0.29) is 11.8 Å². The summed E-state index contributed by atoms with van der Waals surface area (Å²) in [6.45, 7) is 2.54. The second-order valence-corrected chi connectivity index (χ2v) is 6.69. The molecular formula is C20H22N2O3. The highest BCUT2D eigenvalue weighted by Crippen LogP contribution is 2.21. The van der Waals surface area contributed by atoms with Gasteiger partial charge in [-0.05, 0) is 47.7 Å². The van der Waals surface area contributed by atoms with Gasteiger partial charge in [-0.15, -0.1) is 0 Å². The number of benzene rings is 1. The number of carbonyl (C=O) groups excluding carboxylic acids is 1. The monoisotopic (exact) mass is 338 g/mol. The van der Waals surface area contributed by atoms with Crippen LogP contribution in [-0.2, 0) is 18.2 Å². The lowest BCUT2D eigenvalue weighted by Crippen LogP contribution is -2.36. The first-order valence-electron chi connectivity index (χ1n) is 8.65. The normalized spacial score (nSPS) is 18.4. The zero-order valence-corrected chi connectivity index (χ0v) is 14.4. The molecule has 5 heteroatoms. The number of hydrogen-bond acceptors (Lipinski definition) is 3. The van der Waals surface area contributed by atoms with E-state index >= 15 is 0 Å². The number of fused-ring (bicyclic) bond motifs is 1. The van der Waals surface area contributed by atoms with E-state index in [1.165, 1.54) is 22.7 Å². The average molecular weight is 338 g/mol. The van der Waals surface area contributed by atoms with Crippen molar-refractivity contribution in [2.75, 3.05) is 26.3 Å². The van der Waals surface area contributed by atoms with Gasteiger partial charge in [0.15, 0.2) is 5.76 Å². The van der Waals surface area contributed by atoms with Crippen LogP contribution in [0, 0.1) is 5.92 Å². The van der Waals surface area contributed by atoms with Crippen LogP contribution in [0.3, 0.4) is 0 Å². The van der Waals surface area contributed by atoms with Crippen molar-refractivity contribution in [2.24, 2.45) is 13.0 Å². The van der Waals surface area contributed by atoms with Crippen molar-refractivity contribution in [1.29, 1.82) is 0 Å². The highest BCUT2D eigenvalue weighted by Gasteiger charge is 2.25. The lowest BCUT2D eigenvalue weighted by molar-refractivity contribution is 0.0705. The van der Waals surface area contributed by atoms with Crippen LogP contribution >= 0.6 is 0 Å². The number of nitrogens with zero attached hydrogens (tertiary/aromatic N) is 2. The van der Waals surface area contributed by atoms with Gasteiger partial charge in [0.2, 0.25) is 0 Å². The van der Waals surface area contributed by atoms with Gasteiger partial charge in [-0.3, -0.25) is 4.79 Å². The van der Waals surface area contributed by atoms with Crippen molar-refractivity contribution in [2.45, 2.75) is 6.42 Å². The standard InChI is InChI=1S/C20H22N2O3/c1-21-7-6-17-12-15(4-5-18(17)21)11-16-13-22(8-10-24-14-16)20(23)19-3-2-9-25-19/h2-7,9,12,16H,8,10-11,13-14H2,1H3/t16-/m0/s1. The topological polar surface area (TPSA) is 47.6 Å². The van der Waals surface area contributed by atoms with Crippen molar-refractivity contribution in [3.8, 4) is 0 Å². The van der Waals surface area contributed by atoms with Crippen molar-refractivity contribution in [1.82, 2.24) is 9.47 Å². The van der Waals surface area contributed by atoms with E-state index < -0.39 is 0 Å². The number of rotatable bonds is 3. The Bertz CT molecular complexity index is 866. The first-order chi connectivity index (χ1) is 12.2. The van der Waals surface area contributed by atoms with Gasteiger partial charge in [-0.25, -0.2) is 0 Å². The number of carbonyl (C=O) groups is 1. The first kappa shape index (κ1) is 16.0. The maximum absolute atomic E-state index is 12.6. The third-order valence-electron chi connectivity index (χ3n) is 4.83. The minimum atomic E-state index is -0.0565. The smallest absolute Gasteiger partial charge is 0.289 e. The maximum atomic E-state index is 12.6. The van der Waals surface area contributed by atoms with Gasteiger partial charge in [-0.2, -0.15) is 0 Å². The van der Waals surface area contributed by atoms with E-state index in [0.29, 0.717) is 32.1 Å². The fourth-order valence-corrected chi connectivity index (χ4v) is 3.54. The van der Waals surface area contributed by atoms with Crippen LogP contribution in [0.5, 0.6) is 0 Å². The molecule has 0 radical (unpaired) electrons. The summed E-state index contributed by atoms with van der Waals surface area (Å²) in [5, 5.41) is 1.25. The Kier molecular flexibility index (Phi) is 4.32. The highest BCUT2D eigenvalue weighted by atomic mass is 16.5. The molecule has 2 aromatic heterocycles. The maximum Gasteiger partial charge on any atom is 0.289 e. The van der Waals surface area contributed by atoms with Crippen LogP contribution in [0.4, 0.5) is 0 Å². The molecule has 1 aliphatic rings. The summed E-state index contributed by atoms with van der Waals surface area (Å²) >= 11 is 0. The second-order valence-electron chi connectivity index (χ2n) is 6.69. The van der Waals surface area contributed by atoms with Crippen LogP contribution in [0.1, 0.15) is 16.1 Å². The average Bonchev–Trinajstić information content (AvgIpc) is 3.21. The number of ether oxygens (including phenoxy) is 1. The summed E-state index contributed by atoms with van der Waals surface area (Å²) in [4.78, 5) is 14.4. The number of aryl methyl sites for hydroxylation is 1. The lowest BCUT2D eigenvalue weighted by atomic mass is 9.98. The zero-order valence-electron chi connectivity index (χ0n) is 14.4. The second kappa shape index (κ2) is 6.76. The molecule has 5 nitrogen and oxygen atoms in total. The van der Waals surface area contributed by atoms with E-state index in [1.54, 1.807) is 12.1 Å². The minimum absolute atomic E-state index is 0.0565. The van der Waals surface area contributed by atoms with E-state index in [0.717, 1.165) is 6.42 Å². The number of aromatic nitrogens is 1. The third-order valence-corrected chi connectivity index (χ3v) is 4.83. The molecule has 0 N–H and O–H groups in total. The molecule has 0 bridgehead atoms. The Morgan fingerprint density at radius 1 is 1.28 bits per heavy atom. The van der Waals surface area contributed by atoms with Crippen LogP contribution < -0.4 is 0 Å². The molecule has 3 aromatic rings. The highest BCUT2D eigenvalue weighted by molar-refractivity contribution is 5.91. The Balaban J connectivity index is 1.49. The summed E-state index contributed by atoms with van der Waals surface area (Å²) in [5.41, 5.74) is 2.51. The van der Waals surface area contributed by atoms with Crippen molar-refractivity contribution in [3.63, 3.8) is 0 Å². The molecule has 1 saturated heterocycles. The number of hydrogen-bond donors (Lipinski definition) is 0. The van der Waals surface area contributed by atoms with E-state index in [1.807, 2.05) is 4.90 Å². The molecule has 1 aliphatic heterocycles. The molecular weight excluding hydrogens is 316 g/mol. The third kappa shape index (κ3) is 3.33. The molecule has 25 heavy (non-hydrogen) atoms. The van der Waals surface area contributed by atoms with Gasteiger partial charge in [0.05, 0.1) is 19.5 Å². The number of furan rings is 1. The van der Waals surface area contributed by atoms with Gasteiger partial charge >= 0.3 is 0 Å². The summed E-state index contributed by atoms with van der Waals surface area (Å²) in [7, 11) is 2.05. The predicted molar refractivity (Wildman–Crippen MR) is 95.5 cm³/mol. The Labute approximate surface area is 146 Å². The van der Waals surface area contributed by atoms with E-state index in [9.17, 15) is 4.79 Å². The van der Waals surface area contributed by atoms with Crippen LogP contribution in [-0.4, -0.2) is 41.7 Å². The zero-order chi connectivity index (χ0) is 17.2. The predicted octanol–water partition coefficient (Wildman–Crippen LogP) is 3.10. The molecule has 0 saturated carbocycles. The number of amides is 1. The fraction of sp³-hybridized carbons (Fsp3) is 0.350. The van der Waals surface area contributed by atoms with Crippen LogP contribution in [0.25, 0.3) is 10.9 Å². The molecule has 4 rings (SSSR count). The van der Waals surface area contributed by atoms with Gasteiger partial charge < -0.3 is 18.6 Å². The van der Waals surface area contributed by atoms with Crippen LogP contribution in [0.2, 0.25) is 0 Å². The molecule has 1 atom stereocenters. The van der Waals surface area contributed by atoms with E-state index in [2.05, 4.69) is 42.1 Å². The van der Waals surface area contributed by atoms with Crippen molar-refractivity contribution < 1.29 is 13.9 Å². The van der Waals surface area contributed by atoms with Gasteiger partial charge in [0.1, 0.15) is 0 Å². The van der Waals surface area contributed by atoms with Gasteiger partial charge in [-0.1, -0.05) is 6.07 Å². The summed E-state index contributed by atoms with van der Waals surface area (Å²) in [6, 6.07) is 12.2. The summed E-state index contributed by atoms with van der Waals surface area (Å²) < 4.78 is 13.1. The lowest BCUT2D eigenvalue weighted by Gasteiger charge is -2.22. The fourth-order valence-electron chi connectivity index (χ4n) is 3.54. The van der Waals surface area contributed by atoms with Gasteiger partial charge in [0.25, 0.3) is 5.91 Å². The Hall–Kier alpha value is -2.53. The molecule has 1 fully saturated rings. The van der Waals surface area contributed by atoms with Crippen molar-refractivity contribution in [3.05, 3.63) is 60.2 Å². The molecule has 1 amide bonds. The Morgan fingerprint density at radius 3 is 3.04 bits per heavy atom.